The molecule has 0 spiro atoms. The predicted molar refractivity (Wildman–Crippen MR) is 94.4 cm³/mol. The lowest BCUT2D eigenvalue weighted by atomic mass is 10.2. The molecule has 0 bridgehead atoms. The molecule has 1 aliphatic rings. The molecule has 1 amide bonds. The van der Waals surface area contributed by atoms with Gasteiger partial charge < -0.3 is 15.0 Å². The summed E-state index contributed by atoms with van der Waals surface area (Å²) in [5.74, 6) is -0.00991. The van der Waals surface area contributed by atoms with Gasteiger partial charge in [0.15, 0.2) is 0 Å². The Morgan fingerprint density at radius 1 is 1.35 bits per heavy atom. The van der Waals surface area contributed by atoms with E-state index in [1.807, 2.05) is 30.3 Å². The van der Waals surface area contributed by atoms with E-state index in [0.717, 1.165) is 31.6 Å². The van der Waals surface area contributed by atoms with E-state index in [2.05, 4.69) is 21.7 Å². The molecule has 5 heteroatoms. The number of nitrogens with one attached hydrogen (secondary N) is 1. The molecule has 1 aromatic carbocycles. The van der Waals surface area contributed by atoms with Crippen LogP contribution in [0.1, 0.15) is 21.7 Å². The number of ether oxygens (including phenoxy) is 1. The van der Waals surface area contributed by atoms with Gasteiger partial charge in [0.25, 0.3) is 5.91 Å². The number of methoxy groups -OCH3 is 1. The molecule has 0 aliphatic carbocycles. The van der Waals surface area contributed by atoms with Gasteiger partial charge in [-0.25, -0.2) is 0 Å². The van der Waals surface area contributed by atoms with Gasteiger partial charge in [-0.2, -0.15) is 0 Å². The highest BCUT2D eigenvalue weighted by Gasteiger charge is 2.22. The minimum Gasteiger partial charge on any atom is -0.380 e. The SMILES string of the molecule is COC1CCN(c2ccc(C(=O)NCCc3cccs3)cc2)C1. The molecule has 1 saturated heterocycles. The zero-order valence-corrected chi connectivity index (χ0v) is 14.1. The number of nitrogens with zero attached hydrogens (tertiary/aromatic N) is 1. The Hall–Kier alpha value is -1.85. The van der Waals surface area contributed by atoms with Crippen molar-refractivity contribution in [2.75, 3.05) is 31.6 Å². The normalized spacial score (nSPS) is 17.4. The maximum atomic E-state index is 12.2. The summed E-state index contributed by atoms with van der Waals surface area (Å²) in [7, 11) is 1.76. The standard InChI is InChI=1S/C18H22N2O2S/c1-22-16-9-11-20(13-16)15-6-4-14(5-7-15)18(21)19-10-8-17-3-2-12-23-17/h2-7,12,16H,8-11,13H2,1H3,(H,19,21). The van der Waals surface area contributed by atoms with E-state index in [9.17, 15) is 4.79 Å². The summed E-state index contributed by atoms with van der Waals surface area (Å²) >= 11 is 1.72. The van der Waals surface area contributed by atoms with Crippen LogP contribution in [0.3, 0.4) is 0 Å². The van der Waals surface area contributed by atoms with Crippen molar-refractivity contribution in [1.29, 1.82) is 0 Å². The Morgan fingerprint density at radius 3 is 2.83 bits per heavy atom. The first kappa shape index (κ1) is 16.0. The molecule has 1 unspecified atom stereocenters. The van der Waals surface area contributed by atoms with E-state index in [-0.39, 0.29) is 5.91 Å². The van der Waals surface area contributed by atoms with Crippen LogP contribution < -0.4 is 10.2 Å². The van der Waals surface area contributed by atoms with E-state index in [1.54, 1.807) is 18.4 Å². The molecule has 2 heterocycles. The number of carbonyl (C=O) groups is 1. The van der Waals surface area contributed by atoms with Crippen molar-refractivity contribution in [1.82, 2.24) is 5.32 Å². The molecular weight excluding hydrogens is 308 g/mol. The smallest absolute Gasteiger partial charge is 0.251 e. The number of carbonyl (C=O) groups excluding carboxylic acids is 1. The van der Waals surface area contributed by atoms with Crippen molar-refractivity contribution < 1.29 is 9.53 Å². The number of hydrogen-bond acceptors (Lipinski definition) is 4. The van der Waals surface area contributed by atoms with Crippen LogP contribution in [0.15, 0.2) is 41.8 Å². The monoisotopic (exact) mass is 330 g/mol. The van der Waals surface area contributed by atoms with Gasteiger partial charge in [-0.1, -0.05) is 6.07 Å². The second kappa shape index (κ2) is 7.62. The Labute approximate surface area is 141 Å². The van der Waals surface area contributed by atoms with Crippen molar-refractivity contribution in [3.05, 3.63) is 52.2 Å². The van der Waals surface area contributed by atoms with E-state index in [1.165, 1.54) is 4.88 Å². The second-order valence-electron chi connectivity index (χ2n) is 5.72. The van der Waals surface area contributed by atoms with Gasteiger partial charge in [0.2, 0.25) is 0 Å². The Kier molecular flexibility index (Phi) is 5.31. The van der Waals surface area contributed by atoms with Gasteiger partial charge in [0, 0.05) is 42.9 Å². The highest BCUT2D eigenvalue weighted by atomic mass is 32.1. The Bertz CT molecular complexity index is 625. The predicted octanol–water partition coefficient (Wildman–Crippen LogP) is 2.95. The summed E-state index contributed by atoms with van der Waals surface area (Å²) in [6, 6.07) is 12.0. The van der Waals surface area contributed by atoms with Gasteiger partial charge in [0.1, 0.15) is 0 Å². The minimum absolute atomic E-state index is 0.00991. The van der Waals surface area contributed by atoms with Gasteiger partial charge >= 0.3 is 0 Å². The fourth-order valence-electron chi connectivity index (χ4n) is 2.83. The van der Waals surface area contributed by atoms with Crippen molar-refractivity contribution in [3.63, 3.8) is 0 Å². The number of rotatable bonds is 6. The summed E-state index contributed by atoms with van der Waals surface area (Å²) in [5.41, 5.74) is 1.86. The summed E-state index contributed by atoms with van der Waals surface area (Å²) in [4.78, 5) is 15.8. The van der Waals surface area contributed by atoms with Crippen LogP contribution in [0.2, 0.25) is 0 Å². The topological polar surface area (TPSA) is 41.6 Å². The molecule has 23 heavy (non-hydrogen) atoms. The van der Waals surface area contributed by atoms with Crippen LogP contribution in [0.25, 0.3) is 0 Å². The molecule has 1 atom stereocenters. The van der Waals surface area contributed by atoms with Gasteiger partial charge in [-0.15, -0.1) is 11.3 Å². The molecule has 122 valence electrons. The number of benzene rings is 1. The maximum absolute atomic E-state index is 12.2. The number of hydrogen-bond donors (Lipinski definition) is 1. The highest BCUT2D eigenvalue weighted by Crippen LogP contribution is 2.22. The Morgan fingerprint density at radius 2 is 2.17 bits per heavy atom. The van der Waals surface area contributed by atoms with Gasteiger partial charge in [0.05, 0.1) is 6.10 Å². The number of thiophene rings is 1. The molecule has 1 N–H and O–H groups in total. The quantitative estimate of drug-likeness (QED) is 0.885. The number of anilines is 1. The lowest BCUT2D eigenvalue weighted by Crippen LogP contribution is -2.26. The average Bonchev–Trinajstić information content (AvgIpc) is 3.26. The molecule has 2 aromatic rings. The third-order valence-electron chi connectivity index (χ3n) is 4.21. The molecule has 1 fully saturated rings. The molecule has 0 saturated carbocycles. The Balaban J connectivity index is 1.51. The van der Waals surface area contributed by atoms with Crippen molar-refractivity contribution in [3.8, 4) is 0 Å². The fourth-order valence-corrected chi connectivity index (χ4v) is 3.54. The van der Waals surface area contributed by atoms with Gasteiger partial charge in [-0.05, 0) is 48.6 Å². The maximum Gasteiger partial charge on any atom is 0.251 e. The van der Waals surface area contributed by atoms with Crippen LogP contribution in [-0.4, -0.2) is 38.8 Å². The lowest BCUT2D eigenvalue weighted by Gasteiger charge is -2.18. The molecule has 1 aromatic heterocycles. The molecule has 4 nitrogen and oxygen atoms in total. The summed E-state index contributed by atoms with van der Waals surface area (Å²) < 4.78 is 5.39. The van der Waals surface area contributed by atoms with E-state index in [4.69, 9.17) is 4.74 Å². The van der Waals surface area contributed by atoms with Crippen molar-refractivity contribution >= 4 is 22.9 Å². The molecular formula is C18H22N2O2S. The molecule has 3 rings (SSSR count). The lowest BCUT2D eigenvalue weighted by molar-refractivity contribution is 0.0954. The van der Waals surface area contributed by atoms with Crippen LogP contribution in [0, 0.1) is 0 Å². The van der Waals surface area contributed by atoms with Crippen LogP contribution >= 0.6 is 11.3 Å². The van der Waals surface area contributed by atoms with Crippen LogP contribution in [0.5, 0.6) is 0 Å². The zero-order chi connectivity index (χ0) is 16.1. The third kappa shape index (κ3) is 4.12. The minimum atomic E-state index is -0.00991. The van der Waals surface area contributed by atoms with E-state index >= 15 is 0 Å². The first-order chi connectivity index (χ1) is 11.3. The fraction of sp³-hybridized carbons (Fsp3) is 0.389. The van der Waals surface area contributed by atoms with E-state index < -0.39 is 0 Å². The number of amides is 1. The van der Waals surface area contributed by atoms with Crippen LogP contribution in [-0.2, 0) is 11.2 Å². The summed E-state index contributed by atoms with van der Waals surface area (Å²) in [6.07, 6.45) is 2.25. The molecule has 1 aliphatic heterocycles. The second-order valence-corrected chi connectivity index (χ2v) is 6.76. The van der Waals surface area contributed by atoms with Crippen LogP contribution in [0.4, 0.5) is 5.69 Å². The summed E-state index contributed by atoms with van der Waals surface area (Å²) in [6.45, 7) is 2.59. The first-order valence-corrected chi connectivity index (χ1v) is 8.82. The first-order valence-electron chi connectivity index (χ1n) is 7.94. The van der Waals surface area contributed by atoms with E-state index in [0.29, 0.717) is 18.2 Å². The third-order valence-corrected chi connectivity index (χ3v) is 5.15. The average molecular weight is 330 g/mol. The van der Waals surface area contributed by atoms with Gasteiger partial charge in [-0.3, -0.25) is 4.79 Å². The largest absolute Gasteiger partial charge is 0.380 e. The summed E-state index contributed by atoms with van der Waals surface area (Å²) in [5, 5.41) is 5.03. The highest BCUT2D eigenvalue weighted by molar-refractivity contribution is 7.09. The zero-order valence-electron chi connectivity index (χ0n) is 13.3. The van der Waals surface area contributed by atoms with Crippen molar-refractivity contribution in [2.45, 2.75) is 18.9 Å². The van der Waals surface area contributed by atoms with Crippen molar-refractivity contribution in [2.24, 2.45) is 0 Å². The molecule has 0 radical (unpaired) electrons.